The van der Waals surface area contributed by atoms with Crippen molar-refractivity contribution in [3.8, 4) is 16.8 Å². The quantitative estimate of drug-likeness (QED) is 0.337. The number of hydrogen-bond acceptors (Lipinski definition) is 7. The van der Waals surface area contributed by atoms with Crippen LogP contribution in [0, 0.1) is 0 Å². The molecule has 9 nitrogen and oxygen atoms in total. The predicted octanol–water partition coefficient (Wildman–Crippen LogP) is 4.81. The van der Waals surface area contributed by atoms with E-state index in [1.54, 1.807) is 0 Å². The molecule has 0 spiro atoms. The second kappa shape index (κ2) is 9.60. The summed E-state index contributed by atoms with van der Waals surface area (Å²) < 4.78 is 7.59. The lowest BCUT2D eigenvalue weighted by molar-refractivity contribution is 0.122. The lowest BCUT2D eigenvalue weighted by atomic mass is 10.1. The third-order valence-electron chi connectivity index (χ3n) is 6.77. The topological polar surface area (TPSA) is 96.8 Å². The first kappa shape index (κ1) is 22.4. The van der Waals surface area contributed by atoms with E-state index < -0.39 is 0 Å². The number of nitrogens with one attached hydrogen (secondary N) is 2. The van der Waals surface area contributed by atoms with Gasteiger partial charge in [0.15, 0.2) is 17.0 Å². The van der Waals surface area contributed by atoms with Crippen molar-refractivity contribution in [2.75, 3.05) is 36.5 Å². The summed E-state index contributed by atoms with van der Waals surface area (Å²) in [6, 6.07) is 26.8. The third-order valence-corrected chi connectivity index (χ3v) is 6.77. The van der Waals surface area contributed by atoms with Crippen molar-refractivity contribution < 1.29 is 4.74 Å². The van der Waals surface area contributed by atoms with Gasteiger partial charge in [0.05, 0.1) is 30.8 Å². The largest absolute Gasteiger partial charge is 0.378 e. The van der Waals surface area contributed by atoms with Crippen LogP contribution in [0.2, 0.25) is 0 Å². The zero-order valence-corrected chi connectivity index (χ0v) is 20.7. The lowest BCUT2D eigenvalue weighted by Crippen LogP contribution is -2.37. The van der Waals surface area contributed by atoms with Crippen LogP contribution in [-0.4, -0.2) is 55.8 Å². The Labute approximate surface area is 219 Å². The van der Waals surface area contributed by atoms with E-state index in [2.05, 4.69) is 63.7 Å². The van der Waals surface area contributed by atoms with Gasteiger partial charge in [0.2, 0.25) is 5.95 Å². The molecule has 7 rings (SSSR count). The molecule has 188 valence electrons. The molecule has 6 aromatic rings. The van der Waals surface area contributed by atoms with E-state index in [4.69, 9.17) is 24.7 Å². The molecule has 3 aromatic carbocycles. The Morgan fingerprint density at radius 2 is 1.66 bits per heavy atom. The van der Waals surface area contributed by atoms with Crippen molar-refractivity contribution in [2.24, 2.45) is 0 Å². The number of aromatic amines is 1. The van der Waals surface area contributed by atoms with E-state index in [1.165, 1.54) is 0 Å². The zero-order valence-electron chi connectivity index (χ0n) is 20.7. The number of rotatable bonds is 6. The summed E-state index contributed by atoms with van der Waals surface area (Å²) >= 11 is 0. The number of aromatic nitrogens is 6. The summed E-state index contributed by atoms with van der Waals surface area (Å²) in [5, 5.41) is 3.47. The Balaban J connectivity index is 1.29. The number of ether oxygens (including phenoxy) is 1. The van der Waals surface area contributed by atoms with Gasteiger partial charge in [0, 0.05) is 18.8 Å². The molecule has 0 aliphatic carbocycles. The minimum Gasteiger partial charge on any atom is -0.378 e. The van der Waals surface area contributed by atoms with E-state index in [0.29, 0.717) is 37.0 Å². The van der Waals surface area contributed by atoms with Crippen molar-refractivity contribution in [1.29, 1.82) is 0 Å². The number of hydrogen-bond donors (Lipinski definition) is 2. The minimum absolute atomic E-state index is 0.486. The summed E-state index contributed by atoms with van der Waals surface area (Å²) in [6.07, 6.45) is 1.82. The molecule has 0 atom stereocenters. The maximum Gasteiger partial charge on any atom is 0.229 e. The summed E-state index contributed by atoms with van der Waals surface area (Å²) in [5.74, 6) is 2.17. The number of morpholine rings is 1. The Bertz CT molecular complexity index is 1690. The number of benzene rings is 3. The highest BCUT2D eigenvalue weighted by Gasteiger charge is 2.20. The minimum atomic E-state index is 0.486. The van der Waals surface area contributed by atoms with Crippen molar-refractivity contribution >= 4 is 34.0 Å². The molecule has 1 saturated heterocycles. The van der Waals surface area contributed by atoms with Crippen LogP contribution in [0.1, 0.15) is 5.82 Å². The fourth-order valence-corrected chi connectivity index (χ4v) is 4.83. The van der Waals surface area contributed by atoms with Crippen LogP contribution in [0.3, 0.4) is 0 Å². The SMILES string of the molecule is c1ccc(-c2cccc(-n3cnc4c(NCc5nc6ccccc6[nH]5)nc(N5CCOCC5)nc43)c2)cc1. The monoisotopic (exact) mass is 502 g/mol. The first-order valence-electron chi connectivity index (χ1n) is 12.7. The van der Waals surface area contributed by atoms with Gasteiger partial charge in [-0.25, -0.2) is 9.97 Å². The molecule has 2 N–H and O–H groups in total. The van der Waals surface area contributed by atoms with Gasteiger partial charge in [0.1, 0.15) is 12.2 Å². The van der Waals surface area contributed by atoms with Crippen LogP contribution >= 0.6 is 0 Å². The highest BCUT2D eigenvalue weighted by molar-refractivity contribution is 5.86. The maximum absolute atomic E-state index is 5.56. The van der Waals surface area contributed by atoms with Crippen LogP contribution in [0.15, 0.2) is 85.2 Å². The van der Waals surface area contributed by atoms with Gasteiger partial charge in [-0.05, 0) is 35.4 Å². The fraction of sp³-hybridized carbons (Fsp3) is 0.172. The standard InChI is InChI=1S/C29H26N8O/c1-2-7-20(8-3-1)21-9-6-10-22(17-21)37-19-31-26-27(30-18-25-32-23-11-4-5-12-24(23)33-25)34-29(35-28(26)37)36-13-15-38-16-14-36/h1-12,17,19H,13-16,18H2,(H,32,33)(H,30,34,35). The number of H-pyrrole nitrogens is 1. The van der Waals surface area contributed by atoms with Crippen LogP contribution in [-0.2, 0) is 11.3 Å². The summed E-state index contributed by atoms with van der Waals surface area (Å²) in [4.78, 5) is 24.9. The molecule has 3 aromatic heterocycles. The molecule has 1 fully saturated rings. The van der Waals surface area contributed by atoms with Gasteiger partial charge in [-0.2, -0.15) is 9.97 Å². The van der Waals surface area contributed by atoms with E-state index in [0.717, 1.165) is 52.4 Å². The van der Waals surface area contributed by atoms with Gasteiger partial charge in [-0.15, -0.1) is 0 Å². The molecule has 38 heavy (non-hydrogen) atoms. The summed E-state index contributed by atoms with van der Waals surface area (Å²) in [7, 11) is 0. The van der Waals surface area contributed by atoms with E-state index >= 15 is 0 Å². The van der Waals surface area contributed by atoms with E-state index in [-0.39, 0.29) is 0 Å². The van der Waals surface area contributed by atoms with Crippen molar-refractivity contribution in [1.82, 2.24) is 29.5 Å². The van der Waals surface area contributed by atoms with Crippen molar-refractivity contribution in [3.63, 3.8) is 0 Å². The second-order valence-corrected chi connectivity index (χ2v) is 9.23. The summed E-state index contributed by atoms with van der Waals surface area (Å²) in [5.41, 5.74) is 6.69. The second-order valence-electron chi connectivity index (χ2n) is 9.23. The predicted molar refractivity (Wildman–Crippen MR) is 149 cm³/mol. The van der Waals surface area contributed by atoms with Gasteiger partial charge in [-0.3, -0.25) is 4.57 Å². The number of nitrogens with zero attached hydrogens (tertiary/aromatic N) is 6. The molecular formula is C29H26N8O. The number of fused-ring (bicyclic) bond motifs is 2. The molecule has 0 radical (unpaired) electrons. The van der Waals surface area contributed by atoms with Crippen molar-refractivity contribution in [3.05, 3.63) is 91.0 Å². The zero-order chi connectivity index (χ0) is 25.3. The number of anilines is 2. The number of para-hydroxylation sites is 2. The Morgan fingerprint density at radius 1 is 0.842 bits per heavy atom. The molecule has 0 saturated carbocycles. The first-order valence-corrected chi connectivity index (χ1v) is 12.7. The lowest BCUT2D eigenvalue weighted by Gasteiger charge is -2.27. The molecular weight excluding hydrogens is 476 g/mol. The highest BCUT2D eigenvalue weighted by atomic mass is 16.5. The Kier molecular flexibility index (Phi) is 5.67. The molecule has 1 aliphatic heterocycles. The van der Waals surface area contributed by atoms with Gasteiger partial charge in [-0.1, -0.05) is 54.6 Å². The molecule has 0 unspecified atom stereocenters. The maximum atomic E-state index is 5.56. The highest BCUT2D eigenvalue weighted by Crippen LogP contribution is 2.28. The van der Waals surface area contributed by atoms with E-state index in [1.807, 2.05) is 41.2 Å². The third kappa shape index (κ3) is 4.22. The normalized spacial score (nSPS) is 13.8. The summed E-state index contributed by atoms with van der Waals surface area (Å²) in [6.45, 7) is 3.28. The molecule has 9 heteroatoms. The number of imidazole rings is 2. The molecule has 0 bridgehead atoms. The van der Waals surface area contributed by atoms with Crippen LogP contribution in [0.5, 0.6) is 0 Å². The van der Waals surface area contributed by atoms with Gasteiger partial charge >= 0.3 is 0 Å². The van der Waals surface area contributed by atoms with Crippen LogP contribution in [0.25, 0.3) is 39.0 Å². The molecule has 1 aliphatic rings. The smallest absolute Gasteiger partial charge is 0.229 e. The van der Waals surface area contributed by atoms with Crippen LogP contribution < -0.4 is 10.2 Å². The Morgan fingerprint density at radius 3 is 2.53 bits per heavy atom. The first-order chi connectivity index (χ1) is 18.8. The molecule has 4 heterocycles. The molecule has 0 amide bonds. The average Bonchev–Trinajstić information content (AvgIpc) is 3.61. The van der Waals surface area contributed by atoms with Crippen LogP contribution in [0.4, 0.5) is 11.8 Å². The van der Waals surface area contributed by atoms with Gasteiger partial charge < -0.3 is 19.9 Å². The average molecular weight is 503 g/mol. The Hall–Kier alpha value is -4.76. The van der Waals surface area contributed by atoms with E-state index in [9.17, 15) is 0 Å². The fourth-order valence-electron chi connectivity index (χ4n) is 4.83. The van der Waals surface area contributed by atoms with Gasteiger partial charge in [0.25, 0.3) is 0 Å². The van der Waals surface area contributed by atoms with Crippen molar-refractivity contribution in [2.45, 2.75) is 6.54 Å².